The summed E-state index contributed by atoms with van der Waals surface area (Å²) in [5.74, 6) is 0. The highest BCUT2D eigenvalue weighted by Gasteiger charge is 2.16. The maximum absolute atomic E-state index is 11.9. The molecule has 0 bridgehead atoms. The molecule has 1 unspecified atom stereocenters. The van der Waals surface area contributed by atoms with Crippen molar-refractivity contribution in [3.05, 3.63) is 29.8 Å². The van der Waals surface area contributed by atoms with Gasteiger partial charge in [0.2, 0.25) is 0 Å². The standard InChI is InChI=1S/C18H27N3O3/c22-18(19-14-17-2-1-11-24-17)20-16-5-3-15(4-6-16)7-8-21-9-12-23-13-10-21/h3-6,17H,1-2,7-14H2,(H2,19,20,22). The van der Waals surface area contributed by atoms with Crippen LogP contribution in [0, 0.1) is 0 Å². The van der Waals surface area contributed by atoms with Crippen LogP contribution in [0.4, 0.5) is 10.5 Å². The molecule has 0 spiro atoms. The van der Waals surface area contributed by atoms with E-state index in [2.05, 4.69) is 27.7 Å². The van der Waals surface area contributed by atoms with Crippen LogP contribution < -0.4 is 10.6 Å². The molecule has 132 valence electrons. The lowest BCUT2D eigenvalue weighted by Gasteiger charge is -2.26. The molecule has 24 heavy (non-hydrogen) atoms. The molecule has 1 aromatic carbocycles. The van der Waals surface area contributed by atoms with E-state index in [1.54, 1.807) is 0 Å². The maximum Gasteiger partial charge on any atom is 0.319 e. The summed E-state index contributed by atoms with van der Waals surface area (Å²) in [6.07, 6.45) is 3.29. The number of carbonyl (C=O) groups excluding carboxylic acids is 1. The van der Waals surface area contributed by atoms with E-state index in [1.165, 1.54) is 5.56 Å². The fourth-order valence-corrected chi connectivity index (χ4v) is 3.05. The lowest BCUT2D eigenvalue weighted by atomic mass is 10.1. The molecule has 0 saturated carbocycles. The minimum atomic E-state index is -0.174. The van der Waals surface area contributed by atoms with Crippen molar-refractivity contribution < 1.29 is 14.3 Å². The van der Waals surface area contributed by atoms with Gasteiger partial charge in [-0.15, -0.1) is 0 Å². The lowest BCUT2D eigenvalue weighted by Crippen LogP contribution is -2.37. The summed E-state index contributed by atoms with van der Waals surface area (Å²) in [6, 6.07) is 7.90. The van der Waals surface area contributed by atoms with E-state index in [0.29, 0.717) is 6.54 Å². The van der Waals surface area contributed by atoms with Crippen molar-refractivity contribution in [1.82, 2.24) is 10.2 Å². The summed E-state index contributed by atoms with van der Waals surface area (Å²) in [5.41, 5.74) is 2.10. The first-order valence-corrected chi connectivity index (χ1v) is 8.85. The second-order valence-electron chi connectivity index (χ2n) is 6.37. The largest absolute Gasteiger partial charge is 0.379 e. The second-order valence-corrected chi connectivity index (χ2v) is 6.37. The quantitative estimate of drug-likeness (QED) is 0.834. The molecule has 0 aromatic heterocycles. The number of nitrogens with one attached hydrogen (secondary N) is 2. The molecular formula is C18H27N3O3. The topological polar surface area (TPSA) is 62.8 Å². The van der Waals surface area contributed by atoms with Gasteiger partial charge in [-0.3, -0.25) is 4.90 Å². The van der Waals surface area contributed by atoms with Crippen LogP contribution >= 0.6 is 0 Å². The molecule has 6 nitrogen and oxygen atoms in total. The number of hydrogen-bond acceptors (Lipinski definition) is 4. The molecule has 2 N–H and O–H groups in total. The van der Waals surface area contributed by atoms with Gasteiger partial charge in [-0.25, -0.2) is 4.79 Å². The van der Waals surface area contributed by atoms with Gasteiger partial charge in [-0.05, 0) is 37.0 Å². The summed E-state index contributed by atoms with van der Waals surface area (Å²) in [5, 5.41) is 5.73. The van der Waals surface area contributed by atoms with Crippen molar-refractivity contribution in [3.63, 3.8) is 0 Å². The van der Waals surface area contributed by atoms with Crippen LogP contribution in [0.1, 0.15) is 18.4 Å². The van der Waals surface area contributed by atoms with Gasteiger partial charge >= 0.3 is 6.03 Å². The molecule has 1 atom stereocenters. The summed E-state index contributed by atoms with van der Waals surface area (Å²) < 4.78 is 10.9. The highest BCUT2D eigenvalue weighted by molar-refractivity contribution is 5.89. The van der Waals surface area contributed by atoms with Crippen molar-refractivity contribution >= 4 is 11.7 Å². The fourth-order valence-electron chi connectivity index (χ4n) is 3.05. The molecule has 2 fully saturated rings. The van der Waals surface area contributed by atoms with Crippen molar-refractivity contribution in [2.45, 2.75) is 25.4 Å². The van der Waals surface area contributed by atoms with E-state index >= 15 is 0 Å². The third-order valence-electron chi connectivity index (χ3n) is 4.55. The SMILES string of the molecule is O=C(NCC1CCCO1)Nc1ccc(CCN2CCOCC2)cc1. The van der Waals surface area contributed by atoms with E-state index in [1.807, 2.05) is 12.1 Å². The molecular weight excluding hydrogens is 306 g/mol. The summed E-state index contributed by atoms with van der Waals surface area (Å²) in [6.45, 7) is 6.14. The highest BCUT2D eigenvalue weighted by atomic mass is 16.5. The first-order valence-electron chi connectivity index (χ1n) is 8.85. The zero-order valence-electron chi connectivity index (χ0n) is 14.1. The Bertz CT molecular complexity index is 509. The number of urea groups is 1. The number of nitrogens with zero attached hydrogens (tertiary/aromatic N) is 1. The second kappa shape index (κ2) is 9.01. The fraction of sp³-hybridized carbons (Fsp3) is 0.611. The van der Waals surface area contributed by atoms with Crippen LogP contribution in [0.15, 0.2) is 24.3 Å². The lowest BCUT2D eigenvalue weighted by molar-refractivity contribution is 0.0384. The van der Waals surface area contributed by atoms with Gasteiger partial charge in [0.1, 0.15) is 0 Å². The normalized spacial score (nSPS) is 21.6. The number of benzene rings is 1. The van der Waals surface area contributed by atoms with E-state index in [-0.39, 0.29) is 12.1 Å². The predicted octanol–water partition coefficient (Wildman–Crippen LogP) is 1.86. The van der Waals surface area contributed by atoms with E-state index < -0.39 is 0 Å². The van der Waals surface area contributed by atoms with Crippen molar-refractivity contribution in [2.75, 3.05) is 51.3 Å². The van der Waals surface area contributed by atoms with Gasteiger partial charge in [0.15, 0.2) is 0 Å². The maximum atomic E-state index is 11.9. The van der Waals surface area contributed by atoms with Gasteiger partial charge in [0, 0.05) is 38.5 Å². The molecule has 2 saturated heterocycles. The Morgan fingerprint density at radius 3 is 2.67 bits per heavy atom. The smallest absolute Gasteiger partial charge is 0.319 e. The number of hydrogen-bond donors (Lipinski definition) is 2. The number of ether oxygens (including phenoxy) is 2. The first kappa shape index (κ1) is 17.2. The summed E-state index contributed by atoms with van der Waals surface area (Å²) in [7, 11) is 0. The Balaban J connectivity index is 1.37. The van der Waals surface area contributed by atoms with Crippen molar-refractivity contribution in [1.29, 1.82) is 0 Å². The Kier molecular flexibility index (Phi) is 6.46. The summed E-state index contributed by atoms with van der Waals surface area (Å²) >= 11 is 0. The zero-order chi connectivity index (χ0) is 16.6. The molecule has 2 aliphatic heterocycles. The molecule has 2 heterocycles. The van der Waals surface area contributed by atoms with Crippen LogP contribution in [-0.2, 0) is 15.9 Å². The van der Waals surface area contributed by atoms with Gasteiger partial charge in [0.05, 0.1) is 19.3 Å². The van der Waals surface area contributed by atoms with Crippen LogP contribution in [0.25, 0.3) is 0 Å². The first-order chi connectivity index (χ1) is 11.8. The number of amides is 2. The Labute approximate surface area is 143 Å². The molecule has 6 heteroatoms. The van der Waals surface area contributed by atoms with Crippen molar-refractivity contribution in [2.24, 2.45) is 0 Å². The zero-order valence-corrected chi connectivity index (χ0v) is 14.1. The Morgan fingerprint density at radius 2 is 1.96 bits per heavy atom. The third kappa shape index (κ3) is 5.47. The minimum absolute atomic E-state index is 0.165. The molecule has 3 rings (SSSR count). The minimum Gasteiger partial charge on any atom is -0.379 e. The van der Waals surface area contributed by atoms with Gasteiger partial charge in [-0.1, -0.05) is 12.1 Å². The van der Waals surface area contributed by atoms with Gasteiger partial charge in [0.25, 0.3) is 0 Å². The third-order valence-corrected chi connectivity index (χ3v) is 4.55. The van der Waals surface area contributed by atoms with E-state index in [9.17, 15) is 4.79 Å². The van der Waals surface area contributed by atoms with Crippen LogP contribution in [0.2, 0.25) is 0 Å². The number of rotatable bonds is 6. The molecule has 1 aromatic rings. The van der Waals surface area contributed by atoms with Crippen molar-refractivity contribution in [3.8, 4) is 0 Å². The van der Waals surface area contributed by atoms with Crippen LogP contribution in [-0.4, -0.2) is 63.0 Å². The number of carbonyl (C=O) groups is 1. The van der Waals surface area contributed by atoms with Gasteiger partial charge < -0.3 is 20.1 Å². The average Bonchev–Trinajstić information content (AvgIpc) is 3.14. The van der Waals surface area contributed by atoms with E-state index in [4.69, 9.17) is 9.47 Å². The van der Waals surface area contributed by atoms with E-state index in [0.717, 1.165) is 64.4 Å². The van der Waals surface area contributed by atoms with Crippen LogP contribution in [0.3, 0.4) is 0 Å². The molecule has 2 amide bonds. The molecule has 2 aliphatic rings. The van der Waals surface area contributed by atoms with Crippen LogP contribution in [0.5, 0.6) is 0 Å². The summed E-state index contributed by atoms with van der Waals surface area (Å²) in [4.78, 5) is 14.3. The Hall–Kier alpha value is -1.63. The molecule has 0 aliphatic carbocycles. The highest BCUT2D eigenvalue weighted by Crippen LogP contribution is 2.12. The Morgan fingerprint density at radius 1 is 1.17 bits per heavy atom. The number of morpholine rings is 1. The predicted molar refractivity (Wildman–Crippen MR) is 93.4 cm³/mol. The number of anilines is 1. The monoisotopic (exact) mass is 333 g/mol. The molecule has 0 radical (unpaired) electrons. The average molecular weight is 333 g/mol. The van der Waals surface area contributed by atoms with Gasteiger partial charge in [-0.2, -0.15) is 0 Å².